The summed E-state index contributed by atoms with van der Waals surface area (Å²) in [5.74, 6) is 5.20. The zero-order valence-electron chi connectivity index (χ0n) is 77.2. The zero-order chi connectivity index (χ0) is 93.1. The summed E-state index contributed by atoms with van der Waals surface area (Å²) in [6, 6.07) is 109. The number of hydrogen-bond acceptors (Lipinski definition) is 20. The third-order valence-electron chi connectivity index (χ3n) is 25.8. The second-order valence-corrected chi connectivity index (χ2v) is 36.5. The van der Waals surface area contributed by atoms with E-state index in [4.69, 9.17) is 82.7 Å². The molecule has 135 heavy (non-hydrogen) atoms. The predicted octanol–water partition coefficient (Wildman–Crippen LogP) is 22.5. The molecule has 3 fully saturated rings. The second-order valence-electron chi connectivity index (χ2n) is 36.5. The second kappa shape index (κ2) is 37.5. The summed E-state index contributed by atoms with van der Waals surface area (Å²) in [4.78, 5) is 66.7. The summed E-state index contributed by atoms with van der Waals surface area (Å²) in [5.41, 5.74) is 20.5. The smallest absolute Gasteiger partial charge is 0.399 e. The molecule has 11 heterocycles. The van der Waals surface area contributed by atoms with E-state index < -0.39 is 55.0 Å². The molecule has 0 bridgehead atoms. The number of aromatic nitrogens is 14. The van der Waals surface area contributed by atoms with Gasteiger partial charge in [0, 0.05) is 110 Å². The van der Waals surface area contributed by atoms with E-state index >= 15 is 0 Å². The Morgan fingerprint density at radius 3 is 0.622 bits per heavy atom. The molecular weight excluding hydrogens is 1670 g/mol. The van der Waals surface area contributed by atoms with Crippen LogP contribution in [0.4, 0.5) is 0 Å². The molecule has 8 aromatic heterocycles. The first-order valence-corrected chi connectivity index (χ1v) is 45.2. The average molecular weight is 1770 g/mol. The van der Waals surface area contributed by atoms with Crippen LogP contribution >= 0.6 is 0 Å². The van der Waals surface area contributed by atoms with E-state index in [1.54, 1.807) is 18.6 Å². The van der Waals surface area contributed by atoms with Gasteiger partial charge in [0.2, 0.25) is 0 Å². The SMILES string of the molecule is CC1(C)OB(c2ccc(-c3nc(-c4ccc(-c5ccccc5)cc4)nc(-c4ccc(-c5ccccn5)cc4)n3)cc2)OC1(C)C.CC1(C)OB(c2ccc(-c3nc(-c4ccc(-c5ccccc5)nc4)nc(-c4ccc(-c5ccccc5)nc4)n3)cc2)OC1(C)C.CC1(C)OB(c2ccc(-c3nc(-c4ccc(-c5cccnc5)cc4)nc(-c4ccc(-c5cccnc5)cc4)n3)cc2)OC1(C)C. The van der Waals surface area contributed by atoms with Crippen molar-refractivity contribution in [1.82, 2.24) is 69.8 Å². The lowest BCUT2D eigenvalue weighted by Crippen LogP contribution is -2.41. The predicted molar refractivity (Wildman–Crippen MR) is 537 cm³/mol. The van der Waals surface area contributed by atoms with Crippen molar-refractivity contribution in [2.75, 3.05) is 0 Å². The van der Waals surface area contributed by atoms with Gasteiger partial charge in [-0.1, -0.05) is 279 Å². The summed E-state index contributed by atoms with van der Waals surface area (Å²) >= 11 is 0. The molecule has 21 rings (SSSR count). The number of benzene rings is 10. The summed E-state index contributed by atoms with van der Waals surface area (Å²) in [7, 11) is -1.32. The molecule has 0 saturated carbocycles. The largest absolute Gasteiger partial charge is 0.494 e. The molecule has 660 valence electrons. The Morgan fingerprint density at radius 1 is 0.163 bits per heavy atom. The van der Waals surface area contributed by atoms with Crippen molar-refractivity contribution in [3.63, 3.8) is 0 Å². The molecule has 0 N–H and O–H groups in total. The molecule has 23 heteroatoms. The normalized spacial score (nSPS) is 15.2. The molecule has 0 atom stereocenters. The van der Waals surface area contributed by atoms with Crippen molar-refractivity contribution in [1.29, 1.82) is 0 Å². The molecule has 10 aromatic carbocycles. The van der Waals surface area contributed by atoms with Crippen molar-refractivity contribution in [3.8, 4) is 170 Å². The highest BCUT2D eigenvalue weighted by atomic mass is 16.7. The molecule has 0 amide bonds. The van der Waals surface area contributed by atoms with Crippen molar-refractivity contribution in [2.45, 2.75) is 117 Å². The lowest BCUT2D eigenvalue weighted by molar-refractivity contribution is 0.00578. The molecular formula is C112H97B3N14O6. The molecule has 0 radical (unpaired) electrons. The maximum atomic E-state index is 6.26. The lowest BCUT2D eigenvalue weighted by Gasteiger charge is -2.32. The molecule has 0 aliphatic carbocycles. The van der Waals surface area contributed by atoms with Crippen LogP contribution in [-0.4, -0.2) is 125 Å². The fourth-order valence-electron chi connectivity index (χ4n) is 15.7. The van der Waals surface area contributed by atoms with E-state index in [1.165, 1.54) is 0 Å². The van der Waals surface area contributed by atoms with Gasteiger partial charge in [-0.05, 0) is 181 Å². The van der Waals surface area contributed by atoms with E-state index in [9.17, 15) is 0 Å². The minimum atomic E-state index is -0.447. The summed E-state index contributed by atoms with van der Waals surface area (Å²) in [6.45, 7) is 24.7. The van der Waals surface area contributed by atoms with Gasteiger partial charge in [-0.2, -0.15) is 0 Å². The first-order valence-electron chi connectivity index (χ1n) is 45.2. The van der Waals surface area contributed by atoms with Crippen LogP contribution in [0.25, 0.3) is 170 Å². The van der Waals surface area contributed by atoms with Crippen LogP contribution in [0.15, 0.2) is 371 Å². The Bertz CT molecular complexity index is 6130. The fourth-order valence-corrected chi connectivity index (χ4v) is 15.7. The topological polar surface area (TPSA) is 236 Å². The van der Waals surface area contributed by atoms with Crippen LogP contribution in [0.2, 0.25) is 0 Å². The maximum Gasteiger partial charge on any atom is 0.494 e. The van der Waals surface area contributed by atoms with Crippen molar-refractivity contribution >= 4 is 37.7 Å². The fraction of sp³-hybridized carbons (Fsp3) is 0.161. The number of hydrogen-bond donors (Lipinski definition) is 0. The monoisotopic (exact) mass is 1770 g/mol. The number of pyridine rings is 5. The Labute approximate surface area is 787 Å². The minimum Gasteiger partial charge on any atom is -0.399 e. The van der Waals surface area contributed by atoms with Gasteiger partial charge in [0.05, 0.1) is 50.7 Å². The number of rotatable bonds is 18. The van der Waals surface area contributed by atoms with Crippen LogP contribution in [0.1, 0.15) is 83.1 Å². The van der Waals surface area contributed by atoms with E-state index in [2.05, 4.69) is 171 Å². The van der Waals surface area contributed by atoms with Gasteiger partial charge in [0.15, 0.2) is 52.4 Å². The molecule has 0 spiro atoms. The van der Waals surface area contributed by atoms with Crippen LogP contribution in [0.3, 0.4) is 0 Å². The highest BCUT2D eigenvalue weighted by Gasteiger charge is 2.54. The number of nitrogens with zero attached hydrogens (tertiary/aromatic N) is 14. The third-order valence-corrected chi connectivity index (χ3v) is 25.8. The van der Waals surface area contributed by atoms with Gasteiger partial charge in [-0.25, -0.2) is 44.9 Å². The van der Waals surface area contributed by atoms with Gasteiger partial charge in [-0.3, -0.25) is 24.9 Å². The molecule has 0 unspecified atom stereocenters. The third kappa shape index (κ3) is 19.6. The van der Waals surface area contributed by atoms with Crippen molar-refractivity contribution < 1.29 is 27.9 Å². The van der Waals surface area contributed by atoms with E-state index in [0.29, 0.717) is 52.4 Å². The zero-order valence-corrected chi connectivity index (χ0v) is 77.2. The molecule has 3 aliphatic rings. The molecule has 20 nitrogen and oxygen atoms in total. The van der Waals surface area contributed by atoms with Gasteiger partial charge in [0.1, 0.15) is 0 Å². The van der Waals surface area contributed by atoms with Gasteiger partial charge >= 0.3 is 21.4 Å². The highest BCUT2D eigenvalue weighted by molar-refractivity contribution is 6.63. The first kappa shape index (κ1) is 89.2. The Hall–Kier alpha value is -15.1. The first-order chi connectivity index (χ1) is 65.3. The minimum absolute atomic E-state index is 0.406. The molecule has 18 aromatic rings. The maximum absolute atomic E-state index is 6.26. The molecule has 3 aliphatic heterocycles. The standard InChI is InChI=1S/C38H33BN4O2.2C37H32BN5O2/c1-37(2)38(3,4)45-39(44-37)32-23-21-31(22-24-32)36-42-34(29-17-13-27(14-18-29)26-10-6-5-7-11-26)41-35(43-36)30-19-15-28(16-20-30)33-12-8-9-25-40-33;1-36(2)37(3,4)45-38(44-36)32-19-17-29(18-20-32)35-42-33(27-13-9-25(10-14-27)30-7-5-21-39-23-30)41-34(43-35)28-15-11-26(12-16-28)31-8-6-22-40-24-31;1-36(2)37(3,4)45-38(44-36)30-19-15-27(16-20-30)33-41-34(28-17-21-31(39-23-28)25-11-7-5-8-12-25)43-35(42-33)29-18-22-32(40-24-29)26-13-9-6-10-14-26/h5-25H,1-4H3;2*5-24H,1-4H3. The quantitative estimate of drug-likeness (QED) is 0.0726. The Balaban J connectivity index is 0.000000130. The van der Waals surface area contributed by atoms with Crippen molar-refractivity contribution in [2.24, 2.45) is 0 Å². The summed E-state index contributed by atoms with van der Waals surface area (Å²) in [6.07, 6.45) is 12.7. The highest BCUT2D eigenvalue weighted by Crippen LogP contribution is 2.42. The van der Waals surface area contributed by atoms with Gasteiger partial charge in [0.25, 0.3) is 0 Å². The Morgan fingerprint density at radius 2 is 0.370 bits per heavy atom. The van der Waals surface area contributed by atoms with Crippen LogP contribution in [0, 0.1) is 0 Å². The van der Waals surface area contributed by atoms with E-state index in [0.717, 1.165) is 134 Å². The molecule has 3 saturated heterocycles. The van der Waals surface area contributed by atoms with E-state index in [1.807, 2.05) is 280 Å². The van der Waals surface area contributed by atoms with Gasteiger partial charge in [-0.15, -0.1) is 0 Å². The van der Waals surface area contributed by atoms with Crippen molar-refractivity contribution in [3.05, 3.63) is 371 Å². The average Bonchev–Trinajstić information content (AvgIpc) is 1.53. The van der Waals surface area contributed by atoms with Crippen LogP contribution in [0.5, 0.6) is 0 Å². The van der Waals surface area contributed by atoms with E-state index in [-0.39, 0.29) is 0 Å². The lowest BCUT2D eigenvalue weighted by atomic mass is 9.79. The van der Waals surface area contributed by atoms with Gasteiger partial charge < -0.3 is 27.9 Å². The summed E-state index contributed by atoms with van der Waals surface area (Å²) in [5, 5.41) is 0. The van der Waals surface area contributed by atoms with Crippen LogP contribution in [-0.2, 0) is 27.9 Å². The summed E-state index contributed by atoms with van der Waals surface area (Å²) < 4.78 is 37.6. The van der Waals surface area contributed by atoms with Crippen LogP contribution < -0.4 is 16.4 Å². The Kier molecular flexibility index (Phi) is 24.8.